The summed E-state index contributed by atoms with van der Waals surface area (Å²) in [6.45, 7) is 1.02. The molecule has 3 heterocycles. The van der Waals surface area contributed by atoms with Crippen molar-refractivity contribution in [3.8, 4) is 11.1 Å². The molecule has 6 heteroatoms. The zero-order valence-electron chi connectivity index (χ0n) is 12.3. The van der Waals surface area contributed by atoms with Gasteiger partial charge in [0.05, 0.1) is 17.1 Å². The maximum absolute atomic E-state index is 13.4. The smallest absolute Gasteiger partial charge is 0.225 e. The first-order chi connectivity index (χ1) is 11.2. The number of hydrogen-bond acceptors (Lipinski definition) is 4. The van der Waals surface area contributed by atoms with Crippen LogP contribution in [-0.2, 0) is 0 Å². The van der Waals surface area contributed by atoms with Crippen LogP contribution in [0.15, 0.2) is 42.9 Å². The van der Waals surface area contributed by atoms with Gasteiger partial charge in [0.2, 0.25) is 5.95 Å². The van der Waals surface area contributed by atoms with Crippen molar-refractivity contribution in [2.24, 2.45) is 0 Å². The number of fused-ring (bicyclic) bond motifs is 1. The van der Waals surface area contributed by atoms with Gasteiger partial charge in [-0.3, -0.25) is 4.98 Å². The molecule has 0 saturated carbocycles. The summed E-state index contributed by atoms with van der Waals surface area (Å²) in [5.41, 5.74) is 2.70. The Hall–Kier alpha value is -2.27. The zero-order chi connectivity index (χ0) is 15.8. The van der Waals surface area contributed by atoms with Crippen molar-refractivity contribution in [3.63, 3.8) is 0 Å². The highest BCUT2D eigenvalue weighted by molar-refractivity contribution is 6.33. The lowest BCUT2D eigenvalue weighted by Crippen LogP contribution is -2.22. The summed E-state index contributed by atoms with van der Waals surface area (Å²) >= 11 is 6.22. The van der Waals surface area contributed by atoms with E-state index < -0.39 is 6.17 Å². The average Bonchev–Trinajstić information content (AvgIpc) is 3.01. The third kappa shape index (κ3) is 2.72. The predicted octanol–water partition coefficient (Wildman–Crippen LogP) is 3.89. The number of benzene rings is 1. The minimum atomic E-state index is -0.795. The molecule has 0 spiro atoms. The first-order valence-corrected chi connectivity index (χ1v) is 7.84. The second-order valence-corrected chi connectivity index (χ2v) is 6.04. The van der Waals surface area contributed by atoms with Gasteiger partial charge in [0.15, 0.2) is 0 Å². The van der Waals surface area contributed by atoms with Crippen LogP contribution in [0.25, 0.3) is 22.0 Å². The van der Waals surface area contributed by atoms with E-state index >= 15 is 0 Å². The van der Waals surface area contributed by atoms with E-state index in [1.165, 1.54) is 0 Å². The monoisotopic (exact) mass is 328 g/mol. The first kappa shape index (κ1) is 14.3. The van der Waals surface area contributed by atoms with Crippen LogP contribution in [0.1, 0.15) is 6.42 Å². The SMILES string of the molecule is FC1CCN(c2ncc3ccc(-c4ccncc4Cl)cc3n2)C1. The number of alkyl halides is 1. The maximum atomic E-state index is 13.4. The third-order valence-electron chi connectivity index (χ3n) is 4.07. The van der Waals surface area contributed by atoms with Crippen LogP contribution in [0.5, 0.6) is 0 Å². The molecule has 2 aromatic heterocycles. The topological polar surface area (TPSA) is 41.9 Å². The lowest BCUT2D eigenvalue weighted by Gasteiger charge is -2.15. The average molecular weight is 329 g/mol. The van der Waals surface area contributed by atoms with Crippen molar-refractivity contribution in [1.82, 2.24) is 15.0 Å². The number of halogens is 2. The van der Waals surface area contributed by atoms with Gasteiger partial charge < -0.3 is 4.90 Å². The molecule has 1 aliphatic rings. The van der Waals surface area contributed by atoms with E-state index in [0.717, 1.165) is 22.0 Å². The molecule has 4 rings (SSSR count). The van der Waals surface area contributed by atoms with Crippen LogP contribution in [-0.4, -0.2) is 34.2 Å². The van der Waals surface area contributed by atoms with E-state index in [-0.39, 0.29) is 0 Å². The van der Waals surface area contributed by atoms with Crippen LogP contribution in [0.2, 0.25) is 5.02 Å². The van der Waals surface area contributed by atoms with Gasteiger partial charge in [-0.05, 0) is 24.1 Å². The highest BCUT2D eigenvalue weighted by Crippen LogP contribution is 2.29. The van der Waals surface area contributed by atoms with Crippen molar-refractivity contribution in [2.75, 3.05) is 18.0 Å². The van der Waals surface area contributed by atoms with Gasteiger partial charge in [-0.2, -0.15) is 0 Å². The molecule has 0 bridgehead atoms. The summed E-state index contributed by atoms with van der Waals surface area (Å²) in [6, 6.07) is 7.80. The predicted molar refractivity (Wildman–Crippen MR) is 89.5 cm³/mol. The molecule has 1 aromatic carbocycles. The number of rotatable bonds is 2. The number of hydrogen-bond donors (Lipinski definition) is 0. The van der Waals surface area contributed by atoms with Crippen molar-refractivity contribution in [2.45, 2.75) is 12.6 Å². The Morgan fingerprint density at radius 3 is 2.91 bits per heavy atom. The molecular weight excluding hydrogens is 315 g/mol. The fourth-order valence-electron chi connectivity index (χ4n) is 2.84. The Bertz CT molecular complexity index is 870. The normalized spacial score (nSPS) is 17.8. The van der Waals surface area contributed by atoms with Crippen molar-refractivity contribution >= 4 is 28.5 Å². The van der Waals surface area contributed by atoms with Crippen LogP contribution < -0.4 is 4.90 Å². The molecule has 1 atom stereocenters. The molecule has 0 N–H and O–H groups in total. The Morgan fingerprint density at radius 1 is 1.22 bits per heavy atom. The van der Waals surface area contributed by atoms with Crippen LogP contribution in [0.3, 0.4) is 0 Å². The molecule has 0 aliphatic carbocycles. The molecule has 1 saturated heterocycles. The third-order valence-corrected chi connectivity index (χ3v) is 4.37. The molecule has 4 nitrogen and oxygen atoms in total. The second-order valence-electron chi connectivity index (χ2n) is 5.63. The van der Waals surface area contributed by atoms with Crippen molar-refractivity contribution in [3.05, 3.63) is 47.9 Å². The number of pyridine rings is 1. The largest absolute Gasteiger partial charge is 0.338 e. The van der Waals surface area contributed by atoms with Crippen molar-refractivity contribution in [1.29, 1.82) is 0 Å². The Balaban J connectivity index is 1.77. The second kappa shape index (κ2) is 5.74. The minimum Gasteiger partial charge on any atom is -0.338 e. The Kier molecular flexibility index (Phi) is 3.58. The quantitative estimate of drug-likeness (QED) is 0.715. The van der Waals surface area contributed by atoms with E-state index in [2.05, 4.69) is 15.0 Å². The molecule has 0 radical (unpaired) electrons. The first-order valence-electron chi connectivity index (χ1n) is 7.46. The van der Waals surface area contributed by atoms with Gasteiger partial charge >= 0.3 is 0 Å². The molecule has 116 valence electrons. The maximum Gasteiger partial charge on any atom is 0.225 e. The molecule has 1 aliphatic heterocycles. The summed E-state index contributed by atoms with van der Waals surface area (Å²) in [6.07, 6.45) is 4.85. The van der Waals surface area contributed by atoms with Crippen molar-refractivity contribution < 1.29 is 4.39 Å². The van der Waals surface area contributed by atoms with E-state index in [0.29, 0.717) is 30.5 Å². The molecule has 3 aromatic rings. The number of aromatic nitrogens is 3. The highest BCUT2D eigenvalue weighted by atomic mass is 35.5. The summed E-state index contributed by atoms with van der Waals surface area (Å²) in [5, 5.41) is 1.54. The van der Waals surface area contributed by atoms with Crippen LogP contribution in [0.4, 0.5) is 10.3 Å². The Morgan fingerprint density at radius 2 is 2.13 bits per heavy atom. The van der Waals surface area contributed by atoms with Gasteiger partial charge in [0, 0.05) is 36.1 Å². The fourth-order valence-corrected chi connectivity index (χ4v) is 3.07. The number of anilines is 1. The number of nitrogens with zero attached hydrogens (tertiary/aromatic N) is 4. The van der Waals surface area contributed by atoms with Gasteiger partial charge in [-0.1, -0.05) is 23.7 Å². The molecule has 1 fully saturated rings. The molecule has 23 heavy (non-hydrogen) atoms. The highest BCUT2D eigenvalue weighted by Gasteiger charge is 2.23. The van der Waals surface area contributed by atoms with E-state index in [9.17, 15) is 4.39 Å². The van der Waals surface area contributed by atoms with Crippen LogP contribution in [0, 0.1) is 0 Å². The molecule has 1 unspecified atom stereocenters. The lowest BCUT2D eigenvalue weighted by molar-refractivity contribution is 0.364. The van der Waals surface area contributed by atoms with E-state index in [4.69, 9.17) is 11.6 Å². The summed E-state index contributed by atoms with van der Waals surface area (Å²) in [4.78, 5) is 14.8. The summed E-state index contributed by atoms with van der Waals surface area (Å²) in [7, 11) is 0. The summed E-state index contributed by atoms with van der Waals surface area (Å²) in [5.74, 6) is 0.579. The zero-order valence-corrected chi connectivity index (χ0v) is 13.0. The van der Waals surface area contributed by atoms with E-state index in [1.54, 1.807) is 18.6 Å². The standard InChI is InChI=1S/C17H14ClFN4/c18-15-9-20-5-3-14(15)11-1-2-12-8-21-17(22-16(12)7-11)23-6-4-13(19)10-23/h1-3,5,7-9,13H,4,6,10H2. The fraction of sp³-hybridized carbons (Fsp3) is 0.235. The lowest BCUT2D eigenvalue weighted by atomic mass is 10.1. The molecule has 0 amide bonds. The van der Waals surface area contributed by atoms with Crippen LogP contribution >= 0.6 is 11.6 Å². The molecular formula is C17H14ClFN4. The van der Waals surface area contributed by atoms with Gasteiger partial charge in [-0.15, -0.1) is 0 Å². The van der Waals surface area contributed by atoms with Gasteiger partial charge in [0.1, 0.15) is 6.17 Å². The minimum absolute atomic E-state index is 0.362. The van der Waals surface area contributed by atoms with Gasteiger partial charge in [0.25, 0.3) is 0 Å². The summed E-state index contributed by atoms with van der Waals surface area (Å²) < 4.78 is 13.4. The Labute approximate surface area is 138 Å². The van der Waals surface area contributed by atoms with E-state index in [1.807, 2.05) is 29.2 Å². The van der Waals surface area contributed by atoms with Gasteiger partial charge in [-0.25, -0.2) is 14.4 Å².